The molecule has 2 aromatic heterocycles. The average Bonchev–Trinajstić information content (AvgIpc) is 3.45. The zero-order chi connectivity index (χ0) is 23.8. The molecule has 0 aliphatic carbocycles. The van der Waals surface area contributed by atoms with E-state index in [-0.39, 0.29) is 17.4 Å². The zero-order valence-electron chi connectivity index (χ0n) is 17.5. The minimum atomic E-state index is -1.06. The number of aromatic nitrogens is 1. The molecule has 4 aromatic rings. The quantitative estimate of drug-likeness (QED) is 0.330. The van der Waals surface area contributed by atoms with E-state index >= 15 is 0 Å². The van der Waals surface area contributed by atoms with Crippen molar-refractivity contribution in [3.8, 4) is 11.3 Å². The predicted octanol–water partition coefficient (Wildman–Crippen LogP) is 6.01. The fourth-order valence-corrected chi connectivity index (χ4v) is 4.58. The molecule has 5 rings (SSSR count). The van der Waals surface area contributed by atoms with Crippen LogP contribution in [0.1, 0.15) is 33.9 Å². The summed E-state index contributed by atoms with van der Waals surface area (Å²) < 4.78 is 19.8. The third-order valence-corrected chi connectivity index (χ3v) is 6.24. The van der Waals surface area contributed by atoms with Crippen LogP contribution >= 0.6 is 23.8 Å². The number of thiocarbonyl (C=S) groups is 1. The van der Waals surface area contributed by atoms with Crippen molar-refractivity contribution in [1.82, 2.24) is 10.3 Å². The van der Waals surface area contributed by atoms with E-state index in [1.54, 1.807) is 30.5 Å². The molecule has 170 valence electrons. The van der Waals surface area contributed by atoms with E-state index < -0.39 is 12.0 Å². The monoisotopic (exact) mass is 493 g/mol. The predicted molar refractivity (Wildman–Crippen MR) is 130 cm³/mol. The van der Waals surface area contributed by atoms with E-state index in [0.717, 1.165) is 5.69 Å². The van der Waals surface area contributed by atoms with Gasteiger partial charge in [-0.15, -0.1) is 0 Å². The second kappa shape index (κ2) is 8.89. The molecule has 1 aliphatic heterocycles. The molecule has 2 N–H and O–H groups in total. The number of carboxylic acid groups (broad SMARTS) is 1. The number of nitrogens with one attached hydrogen (secondary N) is 1. The molecular formula is C25H17ClFN3O3S. The number of furan rings is 1. The fraction of sp³-hybridized carbons (Fsp3) is 0.0800. The number of halogens is 2. The van der Waals surface area contributed by atoms with Crippen LogP contribution in [-0.2, 0) is 0 Å². The van der Waals surface area contributed by atoms with E-state index in [9.17, 15) is 14.3 Å². The molecule has 6 nitrogen and oxygen atoms in total. The molecule has 34 heavy (non-hydrogen) atoms. The number of benzene rings is 2. The van der Waals surface area contributed by atoms with Crippen molar-refractivity contribution in [2.75, 3.05) is 4.90 Å². The first-order valence-corrected chi connectivity index (χ1v) is 11.1. The molecule has 1 fully saturated rings. The standard InChI is InChI=1S/C25H17ClFN3O3S/c26-18-9-4-14(24(31)32)13-17(18)20-10-11-21(33-20)23-22(19-3-1-2-12-28-19)29-25(34)30(23)16-7-5-15(27)6-8-16/h1-13,22-23H,(H,29,34)(H,31,32)/t22-,23-/m1/s1. The molecule has 0 bridgehead atoms. The van der Waals surface area contributed by atoms with Crippen LogP contribution in [0.2, 0.25) is 5.02 Å². The van der Waals surface area contributed by atoms with Gasteiger partial charge < -0.3 is 19.7 Å². The minimum Gasteiger partial charge on any atom is -0.478 e. The van der Waals surface area contributed by atoms with Crippen LogP contribution in [0, 0.1) is 5.82 Å². The van der Waals surface area contributed by atoms with Gasteiger partial charge in [0.2, 0.25) is 0 Å². The van der Waals surface area contributed by atoms with Gasteiger partial charge in [0.1, 0.15) is 23.4 Å². The molecule has 1 aliphatic rings. The summed E-state index contributed by atoms with van der Waals surface area (Å²) >= 11 is 12.0. The summed E-state index contributed by atoms with van der Waals surface area (Å²) in [5.41, 5.74) is 2.00. The minimum absolute atomic E-state index is 0.0976. The third-order valence-electron chi connectivity index (χ3n) is 5.60. The third kappa shape index (κ3) is 4.02. The van der Waals surface area contributed by atoms with Crippen LogP contribution in [0.25, 0.3) is 11.3 Å². The van der Waals surface area contributed by atoms with Gasteiger partial charge in [0.05, 0.1) is 22.3 Å². The molecule has 2 atom stereocenters. The lowest BCUT2D eigenvalue weighted by Gasteiger charge is -2.26. The molecule has 0 saturated carbocycles. The Morgan fingerprint density at radius 3 is 2.62 bits per heavy atom. The molecule has 9 heteroatoms. The Morgan fingerprint density at radius 1 is 1.12 bits per heavy atom. The Balaban J connectivity index is 1.61. The highest BCUT2D eigenvalue weighted by Gasteiger charge is 2.42. The van der Waals surface area contributed by atoms with Gasteiger partial charge in [0.15, 0.2) is 5.11 Å². The van der Waals surface area contributed by atoms with Crippen LogP contribution in [0.5, 0.6) is 0 Å². The summed E-state index contributed by atoms with van der Waals surface area (Å²) in [6.45, 7) is 0. The van der Waals surface area contributed by atoms with Gasteiger partial charge in [-0.2, -0.15) is 0 Å². The number of nitrogens with zero attached hydrogens (tertiary/aromatic N) is 2. The topological polar surface area (TPSA) is 78.6 Å². The second-order valence-electron chi connectivity index (χ2n) is 7.67. The summed E-state index contributed by atoms with van der Waals surface area (Å²) in [4.78, 5) is 17.8. The van der Waals surface area contributed by atoms with Crippen molar-refractivity contribution in [2.24, 2.45) is 0 Å². The van der Waals surface area contributed by atoms with Crippen LogP contribution in [0.4, 0.5) is 10.1 Å². The molecular weight excluding hydrogens is 477 g/mol. The number of pyridine rings is 1. The van der Waals surface area contributed by atoms with Crippen molar-refractivity contribution in [3.63, 3.8) is 0 Å². The van der Waals surface area contributed by atoms with E-state index in [2.05, 4.69) is 10.3 Å². The van der Waals surface area contributed by atoms with E-state index in [1.807, 2.05) is 23.1 Å². The first-order chi connectivity index (χ1) is 16.4. The number of hydrogen-bond acceptors (Lipinski definition) is 4. The Hall–Kier alpha value is -3.75. The van der Waals surface area contributed by atoms with Gasteiger partial charge >= 0.3 is 5.97 Å². The number of anilines is 1. The first kappa shape index (κ1) is 22.1. The number of carbonyl (C=O) groups is 1. The highest BCUT2D eigenvalue weighted by Crippen LogP contribution is 2.43. The molecule has 3 heterocycles. The van der Waals surface area contributed by atoms with Crippen molar-refractivity contribution in [3.05, 3.63) is 107 Å². The van der Waals surface area contributed by atoms with Crippen LogP contribution in [-0.4, -0.2) is 21.2 Å². The van der Waals surface area contributed by atoms with Gasteiger partial charge in [-0.05, 0) is 78.9 Å². The van der Waals surface area contributed by atoms with Crippen molar-refractivity contribution in [1.29, 1.82) is 0 Å². The lowest BCUT2D eigenvalue weighted by atomic mass is 10.0. The molecule has 2 aromatic carbocycles. The Morgan fingerprint density at radius 2 is 1.91 bits per heavy atom. The lowest BCUT2D eigenvalue weighted by molar-refractivity contribution is 0.0697. The van der Waals surface area contributed by atoms with E-state index in [1.165, 1.54) is 30.3 Å². The SMILES string of the molecule is O=C(O)c1ccc(Cl)c(-c2ccc([C@@H]3[C@@H](c4ccccn4)NC(=S)N3c3ccc(F)cc3)o2)c1. The maximum absolute atomic E-state index is 13.6. The fourth-order valence-electron chi connectivity index (χ4n) is 4.03. The second-order valence-corrected chi connectivity index (χ2v) is 8.47. The molecule has 0 amide bonds. The van der Waals surface area contributed by atoms with Crippen LogP contribution in [0.3, 0.4) is 0 Å². The molecule has 0 radical (unpaired) electrons. The summed E-state index contributed by atoms with van der Waals surface area (Å²) in [5.74, 6) is -0.445. The van der Waals surface area contributed by atoms with Gasteiger partial charge in [-0.25, -0.2) is 9.18 Å². The number of hydrogen-bond donors (Lipinski definition) is 2. The van der Waals surface area contributed by atoms with Gasteiger partial charge in [-0.1, -0.05) is 17.7 Å². The van der Waals surface area contributed by atoms with Crippen molar-refractivity contribution in [2.45, 2.75) is 12.1 Å². The van der Waals surface area contributed by atoms with Crippen molar-refractivity contribution < 1.29 is 18.7 Å². The van der Waals surface area contributed by atoms with E-state index in [4.69, 9.17) is 28.2 Å². The van der Waals surface area contributed by atoms with Crippen LogP contribution < -0.4 is 10.2 Å². The first-order valence-electron chi connectivity index (χ1n) is 10.3. The number of aromatic carboxylic acids is 1. The summed E-state index contributed by atoms with van der Waals surface area (Å²) in [7, 11) is 0. The number of carboxylic acids is 1. The lowest BCUT2D eigenvalue weighted by Crippen LogP contribution is -2.29. The normalized spacial score (nSPS) is 17.6. The molecule has 0 unspecified atom stereocenters. The Bertz CT molecular complexity index is 1380. The Kier molecular flexibility index (Phi) is 5.77. The van der Waals surface area contributed by atoms with E-state index in [0.29, 0.717) is 32.9 Å². The van der Waals surface area contributed by atoms with Gasteiger partial charge in [-0.3, -0.25) is 4.98 Å². The molecule has 1 saturated heterocycles. The highest BCUT2D eigenvalue weighted by atomic mass is 35.5. The van der Waals surface area contributed by atoms with Gasteiger partial charge in [0.25, 0.3) is 0 Å². The van der Waals surface area contributed by atoms with Crippen LogP contribution in [0.15, 0.2) is 83.4 Å². The van der Waals surface area contributed by atoms with Gasteiger partial charge in [0, 0.05) is 17.4 Å². The summed E-state index contributed by atoms with van der Waals surface area (Å²) in [6.07, 6.45) is 1.70. The smallest absolute Gasteiger partial charge is 0.335 e. The maximum atomic E-state index is 13.6. The summed E-state index contributed by atoms with van der Waals surface area (Å²) in [6, 6.07) is 18.8. The largest absolute Gasteiger partial charge is 0.478 e. The summed E-state index contributed by atoms with van der Waals surface area (Å²) in [5, 5.41) is 13.5. The number of rotatable bonds is 5. The average molecular weight is 494 g/mol. The Labute approximate surface area is 204 Å². The van der Waals surface area contributed by atoms with Crippen molar-refractivity contribution >= 4 is 40.6 Å². The zero-order valence-corrected chi connectivity index (χ0v) is 19.1. The molecule has 0 spiro atoms. The highest BCUT2D eigenvalue weighted by molar-refractivity contribution is 7.80. The maximum Gasteiger partial charge on any atom is 0.335 e.